The van der Waals surface area contributed by atoms with Gasteiger partial charge in [0.2, 0.25) is 0 Å². The van der Waals surface area contributed by atoms with Gasteiger partial charge in [0.05, 0.1) is 16.1 Å². The second-order valence-corrected chi connectivity index (χ2v) is 5.83. The summed E-state index contributed by atoms with van der Waals surface area (Å²) in [6.07, 6.45) is 0.945. The number of para-hydroxylation sites is 1. The van der Waals surface area contributed by atoms with Crippen LogP contribution in [0.4, 0.5) is 0 Å². The van der Waals surface area contributed by atoms with E-state index in [2.05, 4.69) is 23.4 Å². The minimum atomic E-state index is 0.578. The average Bonchev–Trinajstić information content (AvgIpc) is 2.67. The fourth-order valence-corrected chi connectivity index (χ4v) is 2.52. The molecule has 0 saturated carbocycles. The van der Waals surface area contributed by atoms with Crippen LogP contribution in [-0.4, -0.2) is 22.8 Å². The van der Waals surface area contributed by atoms with Gasteiger partial charge in [0.15, 0.2) is 4.77 Å². The molecule has 1 aromatic carbocycles. The van der Waals surface area contributed by atoms with Crippen LogP contribution < -0.4 is 0 Å². The summed E-state index contributed by atoms with van der Waals surface area (Å²) in [5, 5.41) is 0.707. The number of nitrogens with one attached hydrogen (secondary N) is 1. The largest absolute Gasteiger partial charge is 0.381 e. The van der Waals surface area contributed by atoms with Gasteiger partial charge in [0, 0.05) is 19.8 Å². The first-order chi connectivity index (χ1) is 9.09. The Morgan fingerprint density at radius 2 is 2.21 bits per heavy atom. The van der Waals surface area contributed by atoms with E-state index < -0.39 is 0 Å². The van der Waals surface area contributed by atoms with E-state index in [4.69, 9.17) is 28.6 Å². The van der Waals surface area contributed by atoms with E-state index in [1.54, 1.807) is 0 Å². The molecule has 0 atom stereocenters. The van der Waals surface area contributed by atoms with E-state index in [9.17, 15) is 0 Å². The number of fused-ring (bicyclic) bond motifs is 1. The summed E-state index contributed by atoms with van der Waals surface area (Å²) in [6, 6.07) is 5.84. The van der Waals surface area contributed by atoms with Gasteiger partial charge >= 0.3 is 0 Å². The van der Waals surface area contributed by atoms with Gasteiger partial charge in [-0.15, -0.1) is 0 Å². The number of aromatic nitrogens is 2. The second kappa shape index (κ2) is 6.55. The zero-order valence-electron chi connectivity index (χ0n) is 11.3. The maximum Gasteiger partial charge on any atom is 0.178 e. The minimum Gasteiger partial charge on any atom is -0.381 e. The molecule has 1 aromatic heterocycles. The molecule has 0 spiro atoms. The summed E-state index contributed by atoms with van der Waals surface area (Å²) >= 11 is 11.5. The predicted molar refractivity (Wildman–Crippen MR) is 82.4 cm³/mol. The molecule has 104 valence electrons. The molecule has 2 rings (SSSR count). The normalized spacial score (nSPS) is 11.6. The third-order valence-corrected chi connectivity index (χ3v) is 3.52. The number of benzene rings is 1. The summed E-state index contributed by atoms with van der Waals surface area (Å²) in [7, 11) is 0. The molecule has 0 amide bonds. The summed E-state index contributed by atoms with van der Waals surface area (Å²) in [4.78, 5) is 3.16. The molecular formula is C14H19ClN2OS. The van der Waals surface area contributed by atoms with Gasteiger partial charge in [0.25, 0.3) is 0 Å². The van der Waals surface area contributed by atoms with Crippen LogP contribution in [0.3, 0.4) is 0 Å². The molecule has 3 nitrogen and oxygen atoms in total. The van der Waals surface area contributed by atoms with E-state index in [0.717, 1.165) is 37.2 Å². The summed E-state index contributed by atoms with van der Waals surface area (Å²) in [5.74, 6) is 0.578. The third kappa shape index (κ3) is 3.59. The van der Waals surface area contributed by atoms with Crippen molar-refractivity contribution in [1.82, 2.24) is 9.55 Å². The predicted octanol–water partition coefficient (Wildman–Crippen LogP) is 4.41. The van der Waals surface area contributed by atoms with Crippen molar-refractivity contribution in [1.29, 1.82) is 0 Å². The van der Waals surface area contributed by atoms with E-state index in [0.29, 0.717) is 15.7 Å². The number of nitrogens with zero attached hydrogens (tertiary/aromatic N) is 1. The second-order valence-electron chi connectivity index (χ2n) is 5.04. The Kier molecular flexibility index (Phi) is 5.02. The number of rotatable bonds is 6. The van der Waals surface area contributed by atoms with Gasteiger partial charge in [0.1, 0.15) is 0 Å². The van der Waals surface area contributed by atoms with Crippen molar-refractivity contribution in [3.05, 3.63) is 28.0 Å². The average molecular weight is 299 g/mol. The van der Waals surface area contributed by atoms with Crippen molar-refractivity contribution in [3.63, 3.8) is 0 Å². The van der Waals surface area contributed by atoms with Crippen LogP contribution in [0.15, 0.2) is 18.2 Å². The van der Waals surface area contributed by atoms with Crippen LogP contribution in [0, 0.1) is 10.7 Å². The molecule has 1 heterocycles. The quantitative estimate of drug-likeness (QED) is 0.632. The Hall–Kier alpha value is -0.840. The smallest absolute Gasteiger partial charge is 0.178 e. The van der Waals surface area contributed by atoms with Crippen molar-refractivity contribution in [2.24, 2.45) is 5.92 Å². The van der Waals surface area contributed by atoms with Crippen LogP contribution in [0.2, 0.25) is 5.02 Å². The maximum atomic E-state index is 6.15. The monoisotopic (exact) mass is 298 g/mol. The Morgan fingerprint density at radius 3 is 2.95 bits per heavy atom. The molecule has 0 fully saturated rings. The standard InChI is InChI=1S/C14H19ClN2OS/c1-10(2)9-18-8-4-7-17-12-6-3-5-11(15)13(12)16-14(17)19/h3,5-6,10H,4,7-9H2,1-2H3,(H,16,19). The van der Waals surface area contributed by atoms with Crippen molar-refractivity contribution in [2.45, 2.75) is 26.8 Å². The fourth-order valence-electron chi connectivity index (χ4n) is 2.01. The van der Waals surface area contributed by atoms with Crippen LogP contribution in [0.5, 0.6) is 0 Å². The molecule has 0 aliphatic rings. The maximum absolute atomic E-state index is 6.15. The van der Waals surface area contributed by atoms with Crippen LogP contribution >= 0.6 is 23.8 Å². The highest BCUT2D eigenvalue weighted by Crippen LogP contribution is 2.22. The van der Waals surface area contributed by atoms with Crippen molar-refractivity contribution >= 4 is 34.9 Å². The molecule has 0 aliphatic heterocycles. The Balaban J connectivity index is 2.03. The van der Waals surface area contributed by atoms with E-state index in [1.165, 1.54) is 0 Å². The lowest BCUT2D eigenvalue weighted by molar-refractivity contribution is 0.105. The van der Waals surface area contributed by atoms with Crippen molar-refractivity contribution in [3.8, 4) is 0 Å². The molecular weight excluding hydrogens is 280 g/mol. The SMILES string of the molecule is CC(C)COCCCn1c(=S)[nH]c2c(Cl)cccc21. The molecule has 0 saturated heterocycles. The number of imidazole rings is 1. The third-order valence-electron chi connectivity index (χ3n) is 2.88. The molecule has 0 aliphatic carbocycles. The van der Waals surface area contributed by atoms with Crippen molar-refractivity contribution in [2.75, 3.05) is 13.2 Å². The highest BCUT2D eigenvalue weighted by atomic mass is 35.5. The first-order valence-electron chi connectivity index (χ1n) is 6.54. The number of aromatic amines is 1. The lowest BCUT2D eigenvalue weighted by atomic mass is 10.2. The van der Waals surface area contributed by atoms with Crippen LogP contribution in [-0.2, 0) is 11.3 Å². The molecule has 0 radical (unpaired) electrons. The number of halogens is 1. The minimum absolute atomic E-state index is 0.578. The molecule has 0 unspecified atom stereocenters. The van der Waals surface area contributed by atoms with E-state index >= 15 is 0 Å². The summed E-state index contributed by atoms with van der Waals surface area (Å²) in [6.45, 7) is 6.71. The number of hydrogen-bond donors (Lipinski definition) is 1. The molecule has 1 N–H and O–H groups in total. The lowest BCUT2D eigenvalue weighted by Gasteiger charge is -2.08. The van der Waals surface area contributed by atoms with E-state index in [1.807, 2.05) is 18.2 Å². The number of ether oxygens (including phenoxy) is 1. The van der Waals surface area contributed by atoms with Crippen molar-refractivity contribution < 1.29 is 4.74 Å². The zero-order valence-corrected chi connectivity index (χ0v) is 12.9. The number of aryl methyl sites for hydroxylation is 1. The topological polar surface area (TPSA) is 29.9 Å². The van der Waals surface area contributed by atoms with Gasteiger partial charge in [-0.1, -0.05) is 31.5 Å². The van der Waals surface area contributed by atoms with Gasteiger partial charge in [-0.05, 0) is 36.7 Å². The summed E-state index contributed by atoms with van der Waals surface area (Å²) < 4.78 is 8.38. The van der Waals surface area contributed by atoms with Gasteiger partial charge < -0.3 is 14.3 Å². The van der Waals surface area contributed by atoms with Crippen LogP contribution in [0.25, 0.3) is 11.0 Å². The highest BCUT2D eigenvalue weighted by molar-refractivity contribution is 7.71. The molecule has 5 heteroatoms. The first kappa shape index (κ1) is 14.6. The fraction of sp³-hybridized carbons (Fsp3) is 0.500. The Labute approximate surface area is 123 Å². The first-order valence-corrected chi connectivity index (χ1v) is 7.33. The molecule has 0 bridgehead atoms. The Morgan fingerprint density at radius 1 is 1.42 bits per heavy atom. The Bertz CT molecular complexity index is 603. The van der Waals surface area contributed by atoms with Gasteiger partial charge in [-0.25, -0.2) is 0 Å². The summed E-state index contributed by atoms with van der Waals surface area (Å²) in [5.41, 5.74) is 1.97. The molecule has 2 aromatic rings. The zero-order chi connectivity index (χ0) is 13.8. The van der Waals surface area contributed by atoms with Gasteiger partial charge in [-0.3, -0.25) is 0 Å². The molecule has 19 heavy (non-hydrogen) atoms. The number of H-pyrrole nitrogens is 1. The van der Waals surface area contributed by atoms with Gasteiger partial charge in [-0.2, -0.15) is 0 Å². The highest BCUT2D eigenvalue weighted by Gasteiger charge is 2.06. The lowest BCUT2D eigenvalue weighted by Crippen LogP contribution is -2.06. The number of hydrogen-bond acceptors (Lipinski definition) is 2. The van der Waals surface area contributed by atoms with Crippen LogP contribution in [0.1, 0.15) is 20.3 Å². The van der Waals surface area contributed by atoms with E-state index in [-0.39, 0.29) is 0 Å².